The van der Waals surface area contributed by atoms with Crippen LogP contribution in [-0.4, -0.2) is 22.3 Å². The Morgan fingerprint density at radius 2 is 2.25 bits per heavy atom. The molecule has 2 aliphatic carbocycles. The van der Waals surface area contributed by atoms with Gasteiger partial charge in [-0.2, -0.15) is 0 Å². The van der Waals surface area contributed by atoms with Crippen molar-refractivity contribution in [2.45, 2.75) is 32.3 Å². The Balaban J connectivity index is 2.32. The zero-order chi connectivity index (χ0) is 8.93. The summed E-state index contributed by atoms with van der Waals surface area (Å²) in [6.45, 7) is 1.91. The molecule has 0 aromatic rings. The van der Waals surface area contributed by atoms with Gasteiger partial charge < -0.3 is 10.2 Å². The minimum atomic E-state index is -0.725. The summed E-state index contributed by atoms with van der Waals surface area (Å²) in [5, 5.41) is 18.6. The molecule has 0 aliphatic heterocycles. The summed E-state index contributed by atoms with van der Waals surface area (Å²) in [5.74, 6) is -0.799. The fourth-order valence-corrected chi connectivity index (χ4v) is 3.02. The van der Waals surface area contributed by atoms with E-state index in [0.29, 0.717) is 6.42 Å². The molecule has 12 heavy (non-hydrogen) atoms. The first-order valence-electron chi connectivity index (χ1n) is 4.46. The van der Waals surface area contributed by atoms with Gasteiger partial charge >= 0.3 is 5.97 Å². The lowest BCUT2D eigenvalue weighted by atomic mass is 9.79. The summed E-state index contributed by atoms with van der Waals surface area (Å²) in [4.78, 5) is 10.9. The molecule has 2 N–H and O–H groups in total. The molecule has 2 bridgehead atoms. The quantitative estimate of drug-likeness (QED) is 0.614. The predicted octanol–water partition coefficient (Wildman–Crippen LogP) is 0.868. The second kappa shape index (κ2) is 2.22. The molecule has 0 saturated heterocycles. The number of carboxylic acids is 1. The van der Waals surface area contributed by atoms with Gasteiger partial charge in [-0.3, -0.25) is 4.79 Å². The summed E-state index contributed by atoms with van der Waals surface area (Å²) in [6.07, 6.45) is 2.14. The molecule has 2 fully saturated rings. The molecule has 0 amide bonds. The van der Waals surface area contributed by atoms with Crippen molar-refractivity contribution in [2.24, 2.45) is 17.3 Å². The highest BCUT2D eigenvalue weighted by atomic mass is 16.4. The lowest BCUT2D eigenvalue weighted by Gasteiger charge is -2.28. The third kappa shape index (κ3) is 0.774. The Morgan fingerprint density at radius 3 is 2.50 bits per heavy atom. The molecule has 2 saturated carbocycles. The van der Waals surface area contributed by atoms with Gasteiger partial charge in [0, 0.05) is 5.41 Å². The van der Waals surface area contributed by atoms with Crippen molar-refractivity contribution in [3.05, 3.63) is 0 Å². The van der Waals surface area contributed by atoms with Gasteiger partial charge in [-0.25, -0.2) is 0 Å². The predicted molar refractivity (Wildman–Crippen MR) is 42.6 cm³/mol. The van der Waals surface area contributed by atoms with Crippen molar-refractivity contribution >= 4 is 5.97 Å². The van der Waals surface area contributed by atoms with Gasteiger partial charge in [0.2, 0.25) is 0 Å². The van der Waals surface area contributed by atoms with Crippen LogP contribution in [-0.2, 0) is 4.79 Å². The first-order chi connectivity index (χ1) is 5.55. The lowest BCUT2D eigenvalue weighted by molar-refractivity contribution is -0.146. The maximum atomic E-state index is 10.9. The SMILES string of the molecule is CC12CCC(CC1O)C2C(=O)O. The van der Waals surface area contributed by atoms with E-state index in [1.54, 1.807) is 0 Å². The highest BCUT2D eigenvalue weighted by Crippen LogP contribution is 2.58. The maximum absolute atomic E-state index is 10.9. The summed E-state index contributed by atoms with van der Waals surface area (Å²) in [6, 6.07) is 0. The number of fused-ring (bicyclic) bond motifs is 2. The van der Waals surface area contributed by atoms with E-state index in [1.165, 1.54) is 0 Å². The average Bonchev–Trinajstić information content (AvgIpc) is 2.38. The Labute approximate surface area is 71.4 Å². The number of carbonyl (C=O) groups is 1. The van der Waals surface area contributed by atoms with Crippen LogP contribution in [0.25, 0.3) is 0 Å². The van der Waals surface area contributed by atoms with E-state index in [9.17, 15) is 9.90 Å². The highest BCUT2D eigenvalue weighted by molar-refractivity contribution is 5.72. The number of aliphatic carboxylic acids is 1. The fourth-order valence-electron chi connectivity index (χ4n) is 3.02. The zero-order valence-corrected chi connectivity index (χ0v) is 7.16. The van der Waals surface area contributed by atoms with E-state index in [2.05, 4.69) is 0 Å². The molecular weight excluding hydrogens is 156 g/mol. The number of rotatable bonds is 1. The Morgan fingerprint density at radius 1 is 1.58 bits per heavy atom. The van der Waals surface area contributed by atoms with Crippen LogP contribution < -0.4 is 0 Å². The standard InChI is InChI=1S/C9H14O3/c1-9-3-2-5(4-6(9)10)7(9)8(11)12/h5-7,10H,2-4H2,1H3,(H,11,12). The van der Waals surface area contributed by atoms with Crippen LogP contribution in [0, 0.1) is 17.3 Å². The van der Waals surface area contributed by atoms with Gasteiger partial charge in [0.15, 0.2) is 0 Å². The average molecular weight is 170 g/mol. The van der Waals surface area contributed by atoms with Crippen molar-refractivity contribution in [3.8, 4) is 0 Å². The highest BCUT2D eigenvalue weighted by Gasteiger charge is 2.59. The van der Waals surface area contributed by atoms with Gasteiger partial charge in [0.1, 0.15) is 0 Å². The largest absolute Gasteiger partial charge is 0.481 e. The summed E-state index contributed by atoms with van der Waals surface area (Å²) in [7, 11) is 0. The van der Waals surface area contributed by atoms with Crippen LogP contribution in [0.4, 0.5) is 0 Å². The second-order valence-corrected chi connectivity index (χ2v) is 4.37. The molecule has 0 heterocycles. The molecule has 68 valence electrons. The Bertz CT molecular complexity index is 226. The molecule has 4 unspecified atom stereocenters. The van der Waals surface area contributed by atoms with Crippen molar-refractivity contribution in [2.75, 3.05) is 0 Å². The number of aliphatic hydroxyl groups excluding tert-OH is 1. The van der Waals surface area contributed by atoms with Crippen LogP contribution in [0.2, 0.25) is 0 Å². The van der Waals surface area contributed by atoms with Crippen LogP contribution >= 0.6 is 0 Å². The molecule has 2 aliphatic rings. The van der Waals surface area contributed by atoms with Gasteiger partial charge in [-0.15, -0.1) is 0 Å². The number of hydrogen-bond donors (Lipinski definition) is 2. The summed E-state index contributed by atoms with van der Waals surface area (Å²) >= 11 is 0. The van der Waals surface area contributed by atoms with E-state index in [1.807, 2.05) is 6.92 Å². The monoisotopic (exact) mass is 170 g/mol. The smallest absolute Gasteiger partial charge is 0.307 e. The molecule has 4 atom stereocenters. The third-order valence-corrected chi connectivity index (χ3v) is 3.79. The van der Waals surface area contributed by atoms with Gasteiger partial charge in [0.05, 0.1) is 12.0 Å². The molecule has 0 radical (unpaired) electrons. The van der Waals surface area contributed by atoms with Gasteiger partial charge in [-0.05, 0) is 25.2 Å². The number of carboxylic acid groups (broad SMARTS) is 1. The summed E-state index contributed by atoms with van der Waals surface area (Å²) < 4.78 is 0. The molecule has 0 aromatic carbocycles. The lowest BCUT2D eigenvalue weighted by Crippen LogP contribution is -2.34. The zero-order valence-electron chi connectivity index (χ0n) is 7.16. The van der Waals surface area contributed by atoms with Crippen LogP contribution in [0.1, 0.15) is 26.2 Å². The number of hydrogen-bond acceptors (Lipinski definition) is 2. The van der Waals surface area contributed by atoms with E-state index in [-0.39, 0.29) is 17.3 Å². The molecule has 0 aromatic heterocycles. The fraction of sp³-hybridized carbons (Fsp3) is 0.889. The van der Waals surface area contributed by atoms with Crippen LogP contribution in [0.15, 0.2) is 0 Å². The van der Waals surface area contributed by atoms with E-state index in [0.717, 1.165) is 12.8 Å². The van der Waals surface area contributed by atoms with E-state index in [4.69, 9.17) is 5.11 Å². The minimum absolute atomic E-state index is 0.225. The number of aliphatic hydroxyl groups is 1. The maximum Gasteiger partial charge on any atom is 0.307 e. The van der Waals surface area contributed by atoms with Crippen molar-refractivity contribution in [1.82, 2.24) is 0 Å². The summed E-state index contributed by atoms with van der Waals surface area (Å²) in [5.41, 5.74) is -0.337. The first kappa shape index (κ1) is 8.05. The van der Waals surface area contributed by atoms with Crippen molar-refractivity contribution in [3.63, 3.8) is 0 Å². The van der Waals surface area contributed by atoms with Gasteiger partial charge in [0.25, 0.3) is 0 Å². The van der Waals surface area contributed by atoms with E-state index >= 15 is 0 Å². The normalized spacial score (nSPS) is 51.3. The minimum Gasteiger partial charge on any atom is -0.481 e. The van der Waals surface area contributed by atoms with E-state index < -0.39 is 12.1 Å². The Kier molecular flexibility index (Phi) is 1.49. The first-order valence-corrected chi connectivity index (χ1v) is 4.46. The van der Waals surface area contributed by atoms with Crippen molar-refractivity contribution in [1.29, 1.82) is 0 Å². The molecule has 3 nitrogen and oxygen atoms in total. The molecule has 2 rings (SSSR count). The topological polar surface area (TPSA) is 57.5 Å². The van der Waals surface area contributed by atoms with Crippen LogP contribution in [0.5, 0.6) is 0 Å². The second-order valence-electron chi connectivity index (χ2n) is 4.37. The molecular formula is C9H14O3. The van der Waals surface area contributed by atoms with Crippen molar-refractivity contribution < 1.29 is 15.0 Å². The van der Waals surface area contributed by atoms with Gasteiger partial charge in [-0.1, -0.05) is 6.92 Å². The van der Waals surface area contributed by atoms with Crippen LogP contribution in [0.3, 0.4) is 0 Å². The Hall–Kier alpha value is -0.570. The molecule has 3 heteroatoms. The molecule has 0 spiro atoms. The third-order valence-electron chi connectivity index (χ3n) is 3.79.